The molecule has 1 atom stereocenters. The lowest BCUT2D eigenvalue weighted by molar-refractivity contribution is -0.142. The highest BCUT2D eigenvalue weighted by Gasteiger charge is 2.28. The Morgan fingerprint density at radius 2 is 1.56 bits per heavy atom. The number of nitrogens with one attached hydrogen (secondary N) is 1. The van der Waals surface area contributed by atoms with Gasteiger partial charge in [0.25, 0.3) is 0 Å². The van der Waals surface area contributed by atoms with Crippen LogP contribution in [0, 0.1) is 0 Å². The van der Waals surface area contributed by atoms with Gasteiger partial charge in [0, 0.05) is 5.39 Å². The zero-order valence-corrected chi connectivity index (χ0v) is 14.4. The summed E-state index contributed by atoms with van der Waals surface area (Å²) >= 11 is 0. The molecule has 0 radical (unpaired) electrons. The zero-order chi connectivity index (χ0) is 17.9. The molecule has 128 valence electrons. The van der Waals surface area contributed by atoms with Crippen molar-refractivity contribution >= 4 is 26.8 Å². The number of hydrogen-bond acceptors (Lipinski definition) is 4. The largest absolute Gasteiger partial charge is 0.468 e. The molecule has 0 fully saturated rings. The van der Waals surface area contributed by atoms with Gasteiger partial charge >= 0.3 is 5.97 Å². The molecule has 1 N–H and O–H groups in total. The SMILES string of the molecule is COC(=O)C(NS(=O)(=O)c1cccc2ccccc12)c1ccccc1. The number of benzene rings is 3. The van der Waals surface area contributed by atoms with E-state index < -0.39 is 22.0 Å². The van der Waals surface area contributed by atoms with Crippen molar-refractivity contribution in [2.45, 2.75) is 10.9 Å². The summed E-state index contributed by atoms with van der Waals surface area (Å²) in [6, 6.07) is 19.7. The number of hydrogen-bond donors (Lipinski definition) is 1. The number of rotatable bonds is 5. The predicted molar refractivity (Wildman–Crippen MR) is 95.5 cm³/mol. The lowest BCUT2D eigenvalue weighted by Crippen LogP contribution is -2.34. The minimum absolute atomic E-state index is 0.121. The van der Waals surface area contributed by atoms with E-state index in [9.17, 15) is 13.2 Å². The second-order valence-corrected chi connectivity index (χ2v) is 7.15. The molecule has 1 unspecified atom stereocenters. The van der Waals surface area contributed by atoms with Crippen LogP contribution in [-0.2, 0) is 19.6 Å². The first-order valence-corrected chi connectivity index (χ1v) is 9.14. The molecular weight excluding hydrogens is 338 g/mol. The van der Waals surface area contributed by atoms with E-state index >= 15 is 0 Å². The average molecular weight is 355 g/mol. The van der Waals surface area contributed by atoms with Crippen LogP contribution in [-0.4, -0.2) is 21.5 Å². The molecule has 5 nitrogen and oxygen atoms in total. The summed E-state index contributed by atoms with van der Waals surface area (Å²) in [6.07, 6.45) is 0. The molecule has 25 heavy (non-hydrogen) atoms. The normalized spacial score (nSPS) is 12.7. The van der Waals surface area contributed by atoms with Crippen molar-refractivity contribution < 1.29 is 17.9 Å². The summed E-state index contributed by atoms with van der Waals surface area (Å²) in [5, 5.41) is 1.40. The molecule has 0 saturated carbocycles. The van der Waals surface area contributed by atoms with Crippen LogP contribution in [0.1, 0.15) is 11.6 Å². The van der Waals surface area contributed by atoms with Crippen molar-refractivity contribution in [3.8, 4) is 0 Å². The highest BCUT2D eigenvalue weighted by atomic mass is 32.2. The molecule has 0 amide bonds. The van der Waals surface area contributed by atoms with E-state index in [2.05, 4.69) is 4.72 Å². The average Bonchev–Trinajstić information content (AvgIpc) is 2.65. The lowest BCUT2D eigenvalue weighted by atomic mass is 10.1. The van der Waals surface area contributed by atoms with Crippen LogP contribution < -0.4 is 4.72 Å². The highest BCUT2D eigenvalue weighted by Crippen LogP contribution is 2.25. The summed E-state index contributed by atoms with van der Waals surface area (Å²) < 4.78 is 33.1. The van der Waals surface area contributed by atoms with Gasteiger partial charge in [-0.15, -0.1) is 0 Å². The van der Waals surface area contributed by atoms with Gasteiger partial charge in [-0.05, 0) is 17.0 Å². The number of esters is 1. The second kappa shape index (κ2) is 7.04. The molecule has 0 aliphatic rings. The first-order valence-electron chi connectivity index (χ1n) is 7.66. The number of fused-ring (bicyclic) bond motifs is 1. The van der Waals surface area contributed by atoms with Crippen LogP contribution in [0.4, 0.5) is 0 Å². The molecule has 0 saturated heterocycles. The lowest BCUT2D eigenvalue weighted by Gasteiger charge is -2.18. The van der Waals surface area contributed by atoms with Gasteiger partial charge in [0.15, 0.2) is 0 Å². The van der Waals surface area contributed by atoms with E-state index in [4.69, 9.17) is 4.74 Å². The summed E-state index contributed by atoms with van der Waals surface area (Å²) in [5.41, 5.74) is 0.512. The Bertz CT molecular complexity index is 995. The van der Waals surface area contributed by atoms with E-state index in [0.29, 0.717) is 10.9 Å². The van der Waals surface area contributed by atoms with Gasteiger partial charge in [-0.3, -0.25) is 0 Å². The molecule has 3 aromatic carbocycles. The molecular formula is C19H17NO4S. The van der Waals surface area contributed by atoms with E-state index in [1.54, 1.807) is 48.5 Å². The van der Waals surface area contributed by atoms with E-state index in [1.807, 2.05) is 18.2 Å². The van der Waals surface area contributed by atoms with Crippen LogP contribution in [0.15, 0.2) is 77.7 Å². The Morgan fingerprint density at radius 3 is 2.28 bits per heavy atom. The third-order valence-electron chi connectivity index (χ3n) is 3.88. The highest BCUT2D eigenvalue weighted by molar-refractivity contribution is 7.89. The molecule has 3 aromatic rings. The molecule has 0 aliphatic heterocycles. The molecule has 0 bridgehead atoms. The van der Waals surface area contributed by atoms with Gasteiger partial charge in [-0.2, -0.15) is 4.72 Å². The molecule has 0 heterocycles. The van der Waals surface area contributed by atoms with Crippen LogP contribution in [0.25, 0.3) is 10.8 Å². The maximum absolute atomic E-state index is 12.9. The second-order valence-electron chi connectivity index (χ2n) is 5.47. The maximum Gasteiger partial charge on any atom is 0.328 e. The van der Waals surface area contributed by atoms with E-state index in [-0.39, 0.29) is 4.90 Å². The van der Waals surface area contributed by atoms with E-state index in [0.717, 1.165) is 5.39 Å². The topological polar surface area (TPSA) is 72.5 Å². The van der Waals surface area contributed by atoms with Gasteiger partial charge in [0.1, 0.15) is 6.04 Å². The van der Waals surface area contributed by atoms with Crippen molar-refractivity contribution in [2.24, 2.45) is 0 Å². The van der Waals surface area contributed by atoms with Crippen LogP contribution >= 0.6 is 0 Å². The van der Waals surface area contributed by atoms with Gasteiger partial charge < -0.3 is 4.74 Å². The quantitative estimate of drug-likeness (QED) is 0.714. The first kappa shape index (κ1) is 17.1. The summed E-state index contributed by atoms with van der Waals surface area (Å²) in [4.78, 5) is 12.3. The molecule has 6 heteroatoms. The summed E-state index contributed by atoms with van der Waals surface area (Å²) in [6.45, 7) is 0. The smallest absolute Gasteiger partial charge is 0.328 e. The van der Waals surface area contributed by atoms with Gasteiger partial charge in [0.05, 0.1) is 12.0 Å². The number of carbonyl (C=O) groups excluding carboxylic acids is 1. The van der Waals surface area contributed by atoms with Gasteiger partial charge in [-0.25, -0.2) is 13.2 Å². The molecule has 0 aliphatic carbocycles. The van der Waals surface area contributed by atoms with Crippen molar-refractivity contribution in [1.82, 2.24) is 4.72 Å². The standard InChI is InChI=1S/C19H17NO4S/c1-24-19(21)18(15-9-3-2-4-10-15)20-25(22,23)17-13-7-11-14-8-5-6-12-16(14)17/h2-13,18,20H,1H3. The molecule has 0 spiro atoms. The number of methoxy groups -OCH3 is 1. The van der Waals surface area contributed by atoms with Crippen molar-refractivity contribution in [3.63, 3.8) is 0 Å². The third-order valence-corrected chi connectivity index (χ3v) is 5.36. The van der Waals surface area contributed by atoms with Crippen LogP contribution in [0.2, 0.25) is 0 Å². The fraction of sp³-hybridized carbons (Fsp3) is 0.105. The van der Waals surface area contributed by atoms with Crippen LogP contribution in [0.5, 0.6) is 0 Å². The Labute approximate surface area is 146 Å². The van der Waals surface area contributed by atoms with Gasteiger partial charge in [-0.1, -0.05) is 66.7 Å². The van der Waals surface area contributed by atoms with Crippen molar-refractivity contribution in [2.75, 3.05) is 7.11 Å². The number of sulfonamides is 1. The molecule has 0 aromatic heterocycles. The summed E-state index contributed by atoms with van der Waals surface area (Å²) in [5.74, 6) is -0.671. The Balaban J connectivity index is 2.05. The maximum atomic E-state index is 12.9. The third kappa shape index (κ3) is 3.55. The minimum Gasteiger partial charge on any atom is -0.468 e. The minimum atomic E-state index is -3.94. The number of carbonyl (C=O) groups is 1. The first-order chi connectivity index (χ1) is 12.0. The Kier molecular flexibility index (Phi) is 4.83. The van der Waals surface area contributed by atoms with Crippen molar-refractivity contribution in [1.29, 1.82) is 0 Å². The fourth-order valence-corrected chi connectivity index (χ4v) is 4.07. The van der Waals surface area contributed by atoms with Crippen LogP contribution in [0.3, 0.4) is 0 Å². The zero-order valence-electron chi connectivity index (χ0n) is 13.5. The van der Waals surface area contributed by atoms with Crippen molar-refractivity contribution in [3.05, 3.63) is 78.4 Å². The Morgan fingerprint density at radius 1 is 0.920 bits per heavy atom. The molecule has 3 rings (SSSR count). The number of ether oxygens (including phenoxy) is 1. The summed E-state index contributed by atoms with van der Waals surface area (Å²) in [7, 11) is -2.71. The van der Waals surface area contributed by atoms with E-state index in [1.165, 1.54) is 13.2 Å². The Hall–Kier alpha value is -2.70. The fourth-order valence-electron chi connectivity index (χ4n) is 2.66. The monoisotopic (exact) mass is 355 g/mol. The van der Waals surface area contributed by atoms with Gasteiger partial charge in [0.2, 0.25) is 10.0 Å². The predicted octanol–water partition coefficient (Wildman–Crippen LogP) is 3.03.